The van der Waals surface area contributed by atoms with Crippen LogP contribution in [0.25, 0.3) is 0 Å². The van der Waals surface area contributed by atoms with E-state index in [1.54, 1.807) is 24.3 Å². The second kappa shape index (κ2) is 9.98. The molecule has 0 spiro atoms. The molecule has 1 aromatic rings. The van der Waals surface area contributed by atoms with Gasteiger partial charge in [0, 0.05) is 26.1 Å². The third-order valence-corrected chi connectivity index (χ3v) is 5.86. The lowest BCUT2D eigenvalue weighted by Gasteiger charge is -2.15. The Balaban J connectivity index is 0.00000288. The maximum atomic E-state index is 12.4. The second-order valence-electron chi connectivity index (χ2n) is 5.74. The topological polar surface area (TPSA) is 78.5 Å². The van der Waals surface area contributed by atoms with Gasteiger partial charge in [-0.1, -0.05) is 12.1 Å². The molecule has 1 aliphatic heterocycles. The van der Waals surface area contributed by atoms with Crippen molar-refractivity contribution in [1.82, 2.24) is 14.9 Å². The average molecular weight is 376 g/mol. The highest BCUT2D eigenvalue weighted by atomic mass is 35.5. The Morgan fingerprint density at radius 1 is 1.17 bits per heavy atom. The number of carbonyl (C=O) groups is 1. The Hall–Kier alpha value is -1.15. The van der Waals surface area contributed by atoms with Crippen LogP contribution >= 0.6 is 12.4 Å². The number of sulfonamides is 1. The highest BCUT2D eigenvalue weighted by Crippen LogP contribution is 2.21. The quantitative estimate of drug-likeness (QED) is 0.675. The lowest BCUT2D eigenvalue weighted by atomic mass is 10.2. The van der Waals surface area contributed by atoms with Gasteiger partial charge in [0.25, 0.3) is 0 Å². The lowest BCUT2D eigenvalue weighted by Crippen LogP contribution is -2.28. The van der Waals surface area contributed by atoms with Crippen LogP contribution in [0.15, 0.2) is 29.2 Å². The summed E-state index contributed by atoms with van der Waals surface area (Å²) in [5, 5.41) is 5.84. The molecular formula is C16H26ClN3O3S. The normalized spacial score (nSPS) is 15.0. The van der Waals surface area contributed by atoms with E-state index in [1.807, 2.05) is 7.05 Å². The van der Waals surface area contributed by atoms with Crippen LogP contribution in [0.1, 0.15) is 31.2 Å². The van der Waals surface area contributed by atoms with E-state index in [0.29, 0.717) is 31.0 Å². The summed E-state index contributed by atoms with van der Waals surface area (Å²) < 4.78 is 26.4. The van der Waals surface area contributed by atoms with Crippen molar-refractivity contribution in [3.05, 3.63) is 29.8 Å². The van der Waals surface area contributed by atoms with Gasteiger partial charge in [0.2, 0.25) is 15.9 Å². The predicted octanol–water partition coefficient (Wildman–Crippen LogP) is 1.51. The van der Waals surface area contributed by atoms with E-state index in [0.717, 1.165) is 31.4 Å². The predicted molar refractivity (Wildman–Crippen MR) is 96.7 cm³/mol. The van der Waals surface area contributed by atoms with E-state index < -0.39 is 10.0 Å². The number of rotatable bonds is 8. The number of carbonyl (C=O) groups excluding carboxylic acids is 1. The molecule has 24 heavy (non-hydrogen) atoms. The van der Waals surface area contributed by atoms with E-state index in [4.69, 9.17) is 0 Å². The van der Waals surface area contributed by atoms with Crippen LogP contribution in [0.5, 0.6) is 0 Å². The molecule has 0 aliphatic carbocycles. The van der Waals surface area contributed by atoms with Crippen LogP contribution in [-0.2, 0) is 21.4 Å². The largest absolute Gasteiger partial charge is 0.352 e. The van der Waals surface area contributed by atoms with Crippen LogP contribution in [0.2, 0.25) is 0 Å². The molecule has 6 nitrogen and oxygen atoms in total. The van der Waals surface area contributed by atoms with Gasteiger partial charge in [-0.15, -0.1) is 12.4 Å². The number of hydrogen-bond acceptors (Lipinski definition) is 4. The SMILES string of the molecule is CNCCCC(=O)NCc1ccc(S(=O)(=O)N2CCCC2)cc1.Cl. The summed E-state index contributed by atoms with van der Waals surface area (Å²) in [5.41, 5.74) is 0.896. The monoisotopic (exact) mass is 375 g/mol. The minimum absolute atomic E-state index is 0. The molecule has 0 saturated carbocycles. The van der Waals surface area contributed by atoms with Gasteiger partial charge in [-0.25, -0.2) is 8.42 Å². The summed E-state index contributed by atoms with van der Waals surface area (Å²) in [6.45, 7) is 2.44. The molecule has 1 heterocycles. The summed E-state index contributed by atoms with van der Waals surface area (Å²) in [6, 6.07) is 6.76. The molecular weight excluding hydrogens is 350 g/mol. The van der Waals surface area contributed by atoms with Gasteiger partial charge in [-0.05, 0) is 50.6 Å². The zero-order valence-corrected chi connectivity index (χ0v) is 15.6. The van der Waals surface area contributed by atoms with Gasteiger partial charge in [0.15, 0.2) is 0 Å². The van der Waals surface area contributed by atoms with E-state index >= 15 is 0 Å². The maximum absolute atomic E-state index is 12.4. The highest BCUT2D eigenvalue weighted by Gasteiger charge is 2.26. The third kappa shape index (κ3) is 5.73. The van der Waals surface area contributed by atoms with Crippen LogP contribution in [0, 0.1) is 0 Å². The molecule has 136 valence electrons. The first-order valence-electron chi connectivity index (χ1n) is 8.04. The van der Waals surface area contributed by atoms with Gasteiger partial charge >= 0.3 is 0 Å². The molecule has 1 saturated heterocycles. The number of benzene rings is 1. The molecule has 0 atom stereocenters. The van der Waals surface area contributed by atoms with E-state index in [-0.39, 0.29) is 18.3 Å². The first kappa shape index (κ1) is 20.9. The molecule has 8 heteroatoms. The Morgan fingerprint density at radius 2 is 1.79 bits per heavy atom. The first-order valence-corrected chi connectivity index (χ1v) is 9.48. The Morgan fingerprint density at radius 3 is 2.38 bits per heavy atom. The summed E-state index contributed by atoms with van der Waals surface area (Å²) in [7, 11) is -1.51. The van der Waals surface area contributed by atoms with Crippen molar-refractivity contribution in [1.29, 1.82) is 0 Å². The molecule has 2 rings (SSSR count). The number of amides is 1. The maximum Gasteiger partial charge on any atom is 0.243 e. The van der Waals surface area contributed by atoms with E-state index in [2.05, 4.69) is 10.6 Å². The fourth-order valence-corrected chi connectivity index (χ4v) is 4.09. The minimum atomic E-state index is -3.36. The van der Waals surface area contributed by atoms with Crippen LogP contribution in [0.4, 0.5) is 0 Å². The Labute approximate surface area is 150 Å². The zero-order valence-electron chi connectivity index (χ0n) is 14.0. The van der Waals surface area contributed by atoms with Gasteiger partial charge in [0.05, 0.1) is 4.90 Å². The molecule has 2 N–H and O–H groups in total. The smallest absolute Gasteiger partial charge is 0.243 e. The van der Waals surface area contributed by atoms with Crippen LogP contribution in [0.3, 0.4) is 0 Å². The fraction of sp³-hybridized carbons (Fsp3) is 0.562. The van der Waals surface area contributed by atoms with Crippen molar-refractivity contribution >= 4 is 28.3 Å². The third-order valence-electron chi connectivity index (χ3n) is 3.95. The molecule has 1 amide bonds. The number of hydrogen-bond donors (Lipinski definition) is 2. The standard InChI is InChI=1S/C16H25N3O3S.ClH/c1-17-10-4-5-16(20)18-13-14-6-8-15(9-7-14)23(21,22)19-11-2-3-12-19;/h6-9,17H,2-5,10-13H2,1H3,(H,18,20);1H. The van der Waals surface area contributed by atoms with Crippen molar-refractivity contribution in [2.24, 2.45) is 0 Å². The van der Waals surface area contributed by atoms with Gasteiger partial charge in [0.1, 0.15) is 0 Å². The second-order valence-corrected chi connectivity index (χ2v) is 7.68. The molecule has 0 bridgehead atoms. The van der Waals surface area contributed by atoms with Crippen molar-refractivity contribution < 1.29 is 13.2 Å². The van der Waals surface area contributed by atoms with Gasteiger partial charge in [-0.3, -0.25) is 4.79 Å². The molecule has 1 aliphatic rings. The first-order chi connectivity index (χ1) is 11.0. The average Bonchev–Trinajstić information content (AvgIpc) is 3.09. The molecule has 0 radical (unpaired) electrons. The molecule has 1 fully saturated rings. The Kier molecular flexibility index (Phi) is 8.69. The number of nitrogens with one attached hydrogen (secondary N) is 2. The van der Waals surface area contributed by atoms with Crippen molar-refractivity contribution in [3.63, 3.8) is 0 Å². The van der Waals surface area contributed by atoms with E-state index in [9.17, 15) is 13.2 Å². The minimum Gasteiger partial charge on any atom is -0.352 e. The van der Waals surface area contributed by atoms with Crippen molar-refractivity contribution in [2.45, 2.75) is 37.1 Å². The molecule has 0 aromatic heterocycles. The summed E-state index contributed by atoms with van der Waals surface area (Å²) in [5.74, 6) is 0.00835. The summed E-state index contributed by atoms with van der Waals surface area (Å²) in [6.07, 6.45) is 3.14. The fourth-order valence-electron chi connectivity index (χ4n) is 2.57. The Bertz CT molecular complexity index is 614. The zero-order chi connectivity index (χ0) is 16.7. The summed E-state index contributed by atoms with van der Waals surface area (Å²) in [4.78, 5) is 12.0. The van der Waals surface area contributed by atoms with Crippen LogP contribution < -0.4 is 10.6 Å². The van der Waals surface area contributed by atoms with Gasteiger partial charge in [-0.2, -0.15) is 4.31 Å². The lowest BCUT2D eigenvalue weighted by molar-refractivity contribution is -0.121. The molecule has 1 aromatic carbocycles. The highest BCUT2D eigenvalue weighted by molar-refractivity contribution is 7.89. The van der Waals surface area contributed by atoms with E-state index in [1.165, 1.54) is 4.31 Å². The van der Waals surface area contributed by atoms with Gasteiger partial charge < -0.3 is 10.6 Å². The number of halogens is 1. The number of nitrogens with zero attached hydrogens (tertiary/aromatic N) is 1. The van der Waals surface area contributed by atoms with Crippen molar-refractivity contribution in [2.75, 3.05) is 26.7 Å². The van der Waals surface area contributed by atoms with Crippen LogP contribution in [-0.4, -0.2) is 45.3 Å². The molecule has 0 unspecified atom stereocenters. The van der Waals surface area contributed by atoms with Crippen molar-refractivity contribution in [3.8, 4) is 0 Å². The summed E-state index contributed by atoms with van der Waals surface area (Å²) >= 11 is 0.